The summed E-state index contributed by atoms with van der Waals surface area (Å²) in [5.41, 5.74) is 1.66. The van der Waals surface area contributed by atoms with Crippen LogP contribution in [0.5, 0.6) is 5.75 Å². The fourth-order valence-electron chi connectivity index (χ4n) is 3.27. The summed E-state index contributed by atoms with van der Waals surface area (Å²) in [5, 5.41) is 23.6. The van der Waals surface area contributed by atoms with E-state index in [1.165, 1.54) is 11.8 Å². The molecule has 0 saturated heterocycles. The van der Waals surface area contributed by atoms with Crippen LogP contribution in [0.4, 0.5) is 5.69 Å². The van der Waals surface area contributed by atoms with Crippen molar-refractivity contribution in [1.82, 2.24) is 14.8 Å². The Hall–Kier alpha value is -3.32. The third-order valence-electron chi connectivity index (χ3n) is 4.86. The van der Waals surface area contributed by atoms with E-state index in [1.807, 2.05) is 60.9 Å². The Morgan fingerprint density at radius 1 is 1.07 bits per heavy atom. The molecule has 0 unspecified atom stereocenters. The third-order valence-corrected chi connectivity index (χ3v) is 5.94. The van der Waals surface area contributed by atoms with Gasteiger partial charge in [0.15, 0.2) is 11.0 Å². The van der Waals surface area contributed by atoms with Gasteiger partial charge in [-0.3, -0.25) is 4.79 Å². The van der Waals surface area contributed by atoms with Gasteiger partial charge >= 0.3 is 0 Å². The zero-order valence-electron chi connectivity index (χ0n) is 16.7. The molecule has 1 amide bonds. The van der Waals surface area contributed by atoms with Crippen LogP contribution in [0.2, 0.25) is 0 Å². The van der Waals surface area contributed by atoms with Gasteiger partial charge in [-0.1, -0.05) is 48.2 Å². The summed E-state index contributed by atoms with van der Waals surface area (Å²) < 4.78 is 1.97. The normalized spacial score (nSPS) is 12.1. The molecule has 0 spiro atoms. The monoisotopic (exact) mass is 418 g/mol. The van der Waals surface area contributed by atoms with Crippen LogP contribution in [0.3, 0.4) is 0 Å². The van der Waals surface area contributed by atoms with E-state index in [0.717, 1.165) is 22.0 Å². The summed E-state index contributed by atoms with van der Waals surface area (Å²) in [5.74, 6) is 0.824. The lowest BCUT2D eigenvalue weighted by molar-refractivity contribution is -0.115. The maximum atomic E-state index is 12.9. The summed E-state index contributed by atoms with van der Waals surface area (Å²) in [4.78, 5) is 12.9. The highest BCUT2D eigenvalue weighted by Gasteiger charge is 2.21. The molecule has 1 heterocycles. The number of aromatic hydroxyl groups is 1. The first-order chi connectivity index (χ1) is 14.6. The molecule has 0 aliphatic carbocycles. The molecule has 2 N–H and O–H groups in total. The SMILES string of the molecule is CCn1c(S[C@H](C)C(=O)Nc2cccc3ccccc23)nnc1-c1ccc(O)cc1. The second-order valence-corrected chi connectivity index (χ2v) is 8.18. The van der Waals surface area contributed by atoms with E-state index in [1.54, 1.807) is 24.3 Å². The van der Waals surface area contributed by atoms with Crippen LogP contribution in [-0.4, -0.2) is 31.0 Å². The van der Waals surface area contributed by atoms with Gasteiger partial charge < -0.3 is 15.0 Å². The average molecular weight is 419 g/mol. The molecular weight excluding hydrogens is 396 g/mol. The standard InChI is InChI=1S/C23H22N4O2S/c1-3-27-21(17-11-13-18(28)14-12-17)25-26-23(27)30-15(2)22(29)24-20-10-6-8-16-7-4-5-9-19(16)20/h4-15,28H,3H2,1-2H3,(H,24,29)/t15-/m1/s1. The number of carbonyl (C=O) groups excluding carboxylic acids is 1. The zero-order chi connectivity index (χ0) is 21.1. The zero-order valence-corrected chi connectivity index (χ0v) is 17.6. The summed E-state index contributed by atoms with van der Waals surface area (Å²) in [6.07, 6.45) is 0. The first kappa shape index (κ1) is 20.0. The predicted octanol–water partition coefficient (Wildman–Crippen LogP) is 4.94. The molecule has 6 nitrogen and oxygen atoms in total. The van der Waals surface area contributed by atoms with Gasteiger partial charge in [-0.15, -0.1) is 10.2 Å². The van der Waals surface area contributed by atoms with Crippen molar-refractivity contribution in [3.05, 3.63) is 66.7 Å². The van der Waals surface area contributed by atoms with Crippen molar-refractivity contribution in [2.75, 3.05) is 5.32 Å². The lowest BCUT2D eigenvalue weighted by atomic mass is 10.1. The number of phenols is 1. The van der Waals surface area contributed by atoms with Gasteiger partial charge in [0.25, 0.3) is 0 Å². The summed E-state index contributed by atoms with van der Waals surface area (Å²) in [7, 11) is 0. The van der Waals surface area contributed by atoms with Crippen LogP contribution in [0, 0.1) is 0 Å². The van der Waals surface area contributed by atoms with Crippen molar-refractivity contribution in [2.24, 2.45) is 0 Å². The largest absolute Gasteiger partial charge is 0.508 e. The molecule has 7 heteroatoms. The minimum Gasteiger partial charge on any atom is -0.508 e. The highest BCUT2D eigenvalue weighted by molar-refractivity contribution is 8.00. The number of benzene rings is 3. The van der Waals surface area contributed by atoms with Crippen LogP contribution in [0.25, 0.3) is 22.2 Å². The van der Waals surface area contributed by atoms with Crippen LogP contribution < -0.4 is 5.32 Å². The minimum atomic E-state index is -0.355. The van der Waals surface area contributed by atoms with Crippen LogP contribution in [0.1, 0.15) is 13.8 Å². The second-order valence-electron chi connectivity index (χ2n) is 6.87. The Morgan fingerprint density at radius 2 is 1.80 bits per heavy atom. The van der Waals surface area contributed by atoms with Gasteiger partial charge in [-0.25, -0.2) is 0 Å². The topological polar surface area (TPSA) is 80.0 Å². The van der Waals surface area contributed by atoms with E-state index in [0.29, 0.717) is 17.5 Å². The predicted molar refractivity (Wildman–Crippen MR) is 121 cm³/mol. The first-order valence-electron chi connectivity index (χ1n) is 9.74. The van der Waals surface area contributed by atoms with E-state index < -0.39 is 0 Å². The maximum Gasteiger partial charge on any atom is 0.237 e. The Labute approximate surface area is 179 Å². The lowest BCUT2D eigenvalue weighted by Crippen LogP contribution is -2.23. The molecule has 4 aromatic rings. The quantitative estimate of drug-likeness (QED) is 0.434. The van der Waals surface area contributed by atoms with Crippen molar-refractivity contribution >= 4 is 34.1 Å². The van der Waals surface area contributed by atoms with Crippen LogP contribution >= 0.6 is 11.8 Å². The second kappa shape index (κ2) is 8.59. The fourth-order valence-corrected chi connectivity index (χ4v) is 4.18. The van der Waals surface area contributed by atoms with Gasteiger partial charge in [0.2, 0.25) is 5.91 Å². The van der Waals surface area contributed by atoms with Crippen molar-refractivity contribution in [3.63, 3.8) is 0 Å². The number of rotatable bonds is 6. The molecule has 1 aromatic heterocycles. The molecule has 0 aliphatic rings. The number of hydrogen-bond acceptors (Lipinski definition) is 5. The Bertz CT molecular complexity index is 1180. The molecule has 4 rings (SSSR count). The molecule has 152 valence electrons. The number of fused-ring (bicyclic) bond motifs is 1. The van der Waals surface area contributed by atoms with E-state index in [4.69, 9.17) is 0 Å². The van der Waals surface area contributed by atoms with Gasteiger partial charge in [-0.05, 0) is 49.6 Å². The first-order valence-corrected chi connectivity index (χ1v) is 10.6. The highest BCUT2D eigenvalue weighted by atomic mass is 32.2. The number of amides is 1. The number of anilines is 1. The van der Waals surface area contributed by atoms with Crippen molar-refractivity contribution in [3.8, 4) is 17.1 Å². The number of nitrogens with one attached hydrogen (secondary N) is 1. The third kappa shape index (κ3) is 4.02. The molecule has 0 radical (unpaired) electrons. The van der Waals surface area contributed by atoms with Crippen LogP contribution in [-0.2, 0) is 11.3 Å². The number of phenolic OH excluding ortho intramolecular Hbond substituents is 1. The van der Waals surface area contributed by atoms with E-state index in [-0.39, 0.29) is 16.9 Å². The number of hydrogen-bond donors (Lipinski definition) is 2. The number of carbonyl (C=O) groups is 1. The van der Waals surface area contributed by atoms with Crippen molar-refractivity contribution < 1.29 is 9.90 Å². The van der Waals surface area contributed by atoms with E-state index >= 15 is 0 Å². The number of thioether (sulfide) groups is 1. The lowest BCUT2D eigenvalue weighted by Gasteiger charge is -2.14. The van der Waals surface area contributed by atoms with Gasteiger partial charge in [0.1, 0.15) is 5.75 Å². The van der Waals surface area contributed by atoms with Crippen LogP contribution in [0.15, 0.2) is 71.9 Å². The molecule has 1 atom stereocenters. The Balaban J connectivity index is 1.53. The Kier molecular flexibility index (Phi) is 5.72. The molecule has 0 bridgehead atoms. The maximum absolute atomic E-state index is 12.9. The van der Waals surface area contributed by atoms with E-state index in [9.17, 15) is 9.90 Å². The van der Waals surface area contributed by atoms with Gasteiger partial charge in [0, 0.05) is 23.2 Å². The fraction of sp³-hybridized carbons (Fsp3) is 0.174. The molecular formula is C23H22N4O2S. The van der Waals surface area contributed by atoms with Crippen molar-refractivity contribution in [1.29, 1.82) is 0 Å². The minimum absolute atomic E-state index is 0.0896. The average Bonchev–Trinajstić information content (AvgIpc) is 3.17. The number of nitrogens with zero attached hydrogens (tertiary/aromatic N) is 3. The molecule has 0 aliphatic heterocycles. The molecule has 30 heavy (non-hydrogen) atoms. The summed E-state index contributed by atoms with van der Waals surface area (Å²) >= 11 is 1.37. The molecule has 0 saturated carbocycles. The van der Waals surface area contributed by atoms with E-state index in [2.05, 4.69) is 15.5 Å². The van der Waals surface area contributed by atoms with Gasteiger partial charge in [0.05, 0.1) is 5.25 Å². The van der Waals surface area contributed by atoms with Crippen molar-refractivity contribution in [2.45, 2.75) is 30.8 Å². The Morgan fingerprint density at radius 3 is 2.57 bits per heavy atom. The smallest absolute Gasteiger partial charge is 0.237 e. The highest BCUT2D eigenvalue weighted by Crippen LogP contribution is 2.29. The van der Waals surface area contributed by atoms with Gasteiger partial charge in [-0.2, -0.15) is 0 Å². The molecule has 3 aromatic carbocycles. The number of aromatic nitrogens is 3. The summed E-state index contributed by atoms with van der Waals surface area (Å²) in [6.45, 7) is 4.54. The molecule has 0 fully saturated rings. The summed E-state index contributed by atoms with van der Waals surface area (Å²) in [6, 6.07) is 20.7.